The fourth-order valence-electron chi connectivity index (χ4n) is 2.10. The molecule has 88 valence electrons. The lowest BCUT2D eigenvalue weighted by Gasteiger charge is -2.31. The van der Waals surface area contributed by atoms with Gasteiger partial charge in [0, 0.05) is 5.69 Å². The smallest absolute Gasteiger partial charge is 0.253 e. The highest BCUT2D eigenvalue weighted by molar-refractivity contribution is 5.96. The maximum Gasteiger partial charge on any atom is 0.253 e. The number of para-hydroxylation sites is 1. The average Bonchev–Trinajstić information content (AvgIpc) is 2.31. The molecule has 17 heavy (non-hydrogen) atoms. The molecule has 1 saturated heterocycles. The van der Waals surface area contributed by atoms with Crippen molar-refractivity contribution in [3.8, 4) is 6.07 Å². The second-order valence-electron chi connectivity index (χ2n) is 4.17. The van der Waals surface area contributed by atoms with Crippen molar-refractivity contribution < 1.29 is 9.53 Å². The van der Waals surface area contributed by atoms with Gasteiger partial charge in [-0.15, -0.1) is 0 Å². The Morgan fingerprint density at radius 3 is 2.65 bits per heavy atom. The van der Waals surface area contributed by atoms with Gasteiger partial charge in [0.1, 0.15) is 6.61 Å². The summed E-state index contributed by atoms with van der Waals surface area (Å²) >= 11 is 0. The number of carbonyl (C=O) groups is 1. The number of nitrogens with zero attached hydrogens (tertiary/aromatic N) is 2. The van der Waals surface area contributed by atoms with E-state index in [1.807, 2.05) is 38.1 Å². The molecule has 0 saturated carbocycles. The molecule has 1 unspecified atom stereocenters. The van der Waals surface area contributed by atoms with Crippen LogP contribution >= 0.6 is 0 Å². The number of amides is 1. The van der Waals surface area contributed by atoms with Crippen molar-refractivity contribution in [1.29, 1.82) is 5.26 Å². The zero-order chi connectivity index (χ0) is 12.4. The molecule has 1 fully saturated rings. The number of rotatable bonds is 1. The number of hydrogen-bond acceptors (Lipinski definition) is 3. The van der Waals surface area contributed by atoms with Crippen LogP contribution in [0.15, 0.2) is 18.2 Å². The summed E-state index contributed by atoms with van der Waals surface area (Å²) in [6, 6.07) is 7.94. The van der Waals surface area contributed by atoms with Gasteiger partial charge in [-0.1, -0.05) is 18.2 Å². The van der Waals surface area contributed by atoms with E-state index in [2.05, 4.69) is 0 Å². The molecule has 1 atom stereocenters. The van der Waals surface area contributed by atoms with Crippen molar-refractivity contribution in [1.82, 2.24) is 0 Å². The van der Waals surface area contributed by atoms with Crippen LogP contribution in [0.2, 0.25) is 0 Å². The number of ether oxygens (including phenoxy) is 1. The molecule has 0 aliphatic carbocycles. The van der Waals surface area contributed by atoms with E-state index in [1.165, 1.54) is 0 Å². The monoisotopic (exact) mass is 230 g/mol. The number of carbonyl (C=O) groups excluding carboxylic acids is 1. The molecule has 4 heteroatoms. The third kappa shape index (κ3) is 2.15. The number of aryl methyl sites for hydroxylation is 2. The zero-order valence-electron chi connectivity index (χ0n) is 9.93. The van der Waals surface area contributed by atoms with E-state index in [0.717, 1.165) is 16.8 Å². The second kappa shape index (κ2) is 4.56. The van der Waals surface area contributed by atoms with Crippen molar-refractivity contribution in [3.05, 3.63) is 29.3 Å². The minimum absolute atomic E-state index is 0.0218. The molecule has 1 aromatic carbocycles. The van der Waals surface area contributed by atoms with Gasteiger partial charge in [0.2, 0.25) is 0 Å². The summed E-state index contributed by atoms with van der Waals surface area (Å²) in [5.41, 5.74) is 2.98. The number of nitriles is 1. The molecule has 1 aromatic rings. The van der Waals surface area contributed by atoms with E-state index in [0.29, 0.717) is 6.54 Å². The van der Waals surface area contributed by atoms with Crippen molar-refractivity contribution >= 4 is 11.6 Å². The first-order valence-corrected chi connectivity index (χ1v) is 5.51. The van der Waals surface area contributed by atoms with Gasteiger partial charge < -0.3 is 9.64 Å². The molecule has 1 heterocycles. The lowest BCUT2D eigenvalue weighted by atomic mass is 10.1. The van der Waals surface area contributed by atoms with Crippen LogP contribution in [0.4, 0.5) is 5.69 Å². The second-order valence-corrected chi connectivity index (χ2v) is 4.17. The van der Waals surface area contributed by atoms with Gasteiger partial charge in [-0.2, -0.15) is 5.26 Å². The fourth-order valence-corrected chi connectivity index (χ4v) is 2.10. The van der Waals surface area contributed by atoms with Gasteiger partial charge in [0.15, 0.2) is 6.10 Å². The summed E-state index contributed by atoms with van der Waals surface area (Å²) in [4.78, 5) is 13.5. The first-order valence-electron chi connectivity index (χ1n) is 5.51. The first kappa shape index (κ1) is 11.6. The molecular weight excluding hydrogens is 216 g/mol. The number of hydrogen-bond donors (Lipinski definition) is 0. The highest BCUT2D eigenvalue weighted by Gasteiger charge is 2.28. The van der Waals surface area contributed by atoms with Crippen molar-refractivity contribution in [3.63, 3.8) is 0 Å². The van der Waals surface area contributed by atoms with Gasteiger partial charge in [-0.25, -0.2) is 0 Å². The largest absolute Gasteiger partial charge is 0.352 e. The summed E-state index contributed by atoms with van der Waals surface area (Å²) in [7, 11) is 0. The number of anilines is 1. The fraction of sp³-hybridized carbons (Fsp3) is 0.385. The first-order chi connectivity index (χ1) is 8.13. The topological polar surface area (TPSA) is 53.3 Å². The normalized spacial score (nSPS) is 20.2. The van der Waals surface area contributed by atoms with Gasteiger partial charge in [-0.05, 0) is 25.0 Å². The van der Waals surface area contributed by atoms with Gasteiger partial charge in [-0.3, -0.25) is 4.79 Å². The molecule has 1 amide bonds. The van der Waals surface area contributed by atoms with E-state index in [-0.39, 0.29) is 12.5 Å². The highest BCUT2D eigenvalue weighted by Crippen LogP contribution is 2.26. The maximum absolute atomic E-state index is 11.9. The van der Waals surface area contributed by atoms with Crippen molar-refractivity contribution in [2.24, 2.45) is 0 Å². The van der Waals surface area contributed by atoms with E-state index < -0.39 is 6.10 Å². The molecule has 0 spiro atoms. The van der Waals surface area contributed by atoms with E-state index in [4.69, 9.17) is 10.00 Å². The number of benzene rings is 1. The van der Waals surface area contributed by atoms with Crippen LogP contribution in [-0.2, 0) is 9.53 Å². The number of morpholine rings is 1. The third-order valence-electron chi connectivity index (χ3n) is 2.91. The Hall–Kier alpha value is -1.86. The molecule has 1 aliphatic rings. The predicted molar refractivity (Wildman–Crippen MR) is 63.6 cm³/mol. The molecule has 0 aromatic heterocycles. The van der Waals surface area contributed by atoms with Gasteiger partial charge in [0.05, 0.1) is 12.6 Å². The lowest BCUT2D eigenvalue weighted by Crippen LogP contribution is -2.46. The third-order valence-corrected chi connectivity index (χ3v) is 2.91. The minimum Gasteiger partial charge on any atom is -0.352 e. The van der Waals surface area contributed by atoms with Crippen LogP contribution in [0.5, 0.6) is 0 Å². The van der Waals surface area contributed by atoms with Crippen LogP contribution in [0, 0.1) is 25.2 Å². The average molecular weight is 230 g/mol. The van der Waals surface area contributed by atoms with Crippen LogP contribution in [-0.4, -0.2) is 25.2 Å². The quantitative estimate of drug-likeness (QED) is 0.735. The standard InChI is InChI=1S/C13H14N2O2/c1-9-4-3-5-10(2)13(9)15-7-11(6-14)17-8-12(15)16/h3-5,11H,7-8H2,1-2H3. The molecule has 0 bridgehead atoms. The zero-order valence-corrected chi connectivity index (χ0v) is 9.93. The Morgan fingerprint density at radius 1 is 1.41 bits per heavy atom. The Balaban J connectivity index is 2.38. The molecule has 1 aliphatic heterocycles. The van der Waals surface area contributed by atoms with E-state index in [9.17, 15) is 4.79 Å². The Labute approximate surface area is 100 Å². The van der Waals surface area contributed by atoms with Crippen LogP contribution in [0.3, 0.4) is 0 Å². The minimum atomic E-state index is -0.535. The Kier molecular flexibility index (Phi) is 3.12. The SMILES string of the molecule is Cc1cccc(C)c1N1CC(C#N)OCC1=O. The summed E-state index contributed by atoms with van der Waals surface area (Å²) in [5.74, 6) is -0.0890. The molecule has 4 nitrogen and oxygen atoms in total. The van der Waals surface area contributed by atoms with E-state index in [1.54, 1.807) is 4.90 Å². The Bertz CT molecular complexity index is 470. The molecule has 0 N–H and O–H groups in total. The van der Waals surface area contributed by atoms with Crippen molar-refractivity contribution in [2.45, 2.75) is 20.0 Å². The van der Waals surface area contributed by atoms with Crippen LogP contribution < -0.4 is 4.90 Å². The van der Waals surface area contributed by atoms with Gasteiger partial charge >= 0.3 is 0 Å². The van der Waals surface area contributed by atoms with Gasteiger partial charge in [0.25, 0.3) is 5.91 Å². The summed E-state index contributed by atoms with van der Waals surface area (Å²) in [6.45, 7) is 4.21. The Morgan fingerprint density at radius 2 is 2.06 bits per heavy atom. The van der Waals surface area contributed by atoms with Crippen LogP contribution in [0.25, 0.3) is 0 Å². The van der Waals surface area contributed by atoms with Crippen LogP contribution in [0.1, 0.15) is 11.1 Å². The molecular formula is C13H14N2O2. The van der Waals surface area contributed by atoms with E-state index >= 15 is 0 Å². The maximum atomic E-state index is 11.9. The predicted octanol–water partition coefficient (Wildman–Crippen LogP) is 1.56. The molecule has 0 radical (unpaired) electrons. The van der Waals surface area contributed by atoms with Crippen molar-refractivity contribution in [2.75, 3.05) is 18.1 Å². The highest BCUT2D eigenvalue weighted by atomic mass is 16.5. The summed E-state index contributed by atoms with van der Waals surface area (Å²) < 4.78 is 5.12. The molecule has 2 rings (SSSR count). The summed E-state index contributed by atoms with van der Waals surface area (Å²) in [5, 5.41) is 8.87. The summed E-state index contributed by atoms with van der Waals surface area (Å²) in [6.07, 6.45) is -0.535. The lowest BCUT2D eigenvalue weighted by molar-refractivity contribution is -0.127.